The van der Waals surface area contributed by atoms with Crippen molar-refractivity contribution in [2.75, 3.05) is 20.2 Å². The number of hydrogen-bond acceptors (Lipinski definition) is 6. The number of rotatable bonds is 6. The van der Waals surface area contributed by atoms with E-state index in [0.717, 1.165) is 24.1 Å². The average Bonchev–Trinajstić information content (AvgIpc) is 3.33. The molecule has 0 spiro atoms. The van der Waals surface area contributed by atoms with Crippen LogP contribution in [0.5, 0.6) is 5.75 Å². The van der Waals surface area contributed by atoms with Gasteiger partial charge in [0.05, 0.1) is 18.8 Å². The fraction of sp³-hybridized carbons (Fsp3) is 0.333. The molecule has 3 heterocycles. The molecular formula is C24H26N4O4. The number of aromatic nitrogens is 2. The van der Waals surface area contributed by atoms with Crippen LogP contribution in [0.4, 0.5) is 0 Å². The largest absolute Gasteiger partial charge is 0.497 e. The van der Waals surface area contributed by atoms with Crippen LogP contribution in [0.15, 0.2) is 59.3 Å². The molecular weight excluding hydrogens is 408 g/mol. The Morgan fingerprint density at radius 2 is 2.09 bits per heavy atom. The second-order valence-corrected chi connectivity index (χ2v) is 7.89. The Morgan fingerprint density at radius 1 is 1.22 bits per heavy atom. The number of nitrogens with one attached hydrogen (secondary N) is 1. The molecule has 2 atom stereocenters. The molecule has 32 heavy (non-hydrogen) atoms. The summed E-state index contributed by atoms with van der Waals surface area (Å²) in [4.78, 5) is 31.2. The van der Waals surface area contributed by atoms with Crippen molar-refractivity contribution in [1.82, 2.24) is 20.4 Å². The number of pyridine rings is 1. The van der Waals surface area contributed by atoms with Gasteiger partial charge in [-0.2, -0.15) is 0 Å². The first-order valence-electron chi connectivity index (χ1n) is 10.6. The molecule has 0 unspecified atom stereocenters. The molecule has 1 saturated heterocycles. The van der Waals surface area contributed by atoms with Crippen LogP contribution < -0.4 is 10.1 Å². The van der Waals surface area contributed by atoms with Crippen molar-refractivity contribution < 1.29 is 18.8 Å². The Labute approximate surface area is 186 Å². The summed E-state index contributed by atoms with van der Waals surface area (Å²) in [5, 5.41) is 7.03. The molecule has 1 aliphatic rings. The van der Waals surface area contributed by atoms with Gasteiger partial charge in [0, 0.05) is 43.8 Å². The van der Waals surface area contributed by atoms with Gasteiger partial charge in [-0.05, 0) is 37.1 Å². The summed E-state index contributed by atoms with van der Waals surface area (Å²) in [7, 11) is 1.60. The normalized spacial score (nSPS) is 16.9. The number of carbonyl (C=O) groups is 2. The monoisotopic (exact) mass is 434 g/mol. The third kappa shape index (κ3) is 4.80. The topological polar surface area (TPSA) is 97.6 Å². The van der Waals surface area contributed by atoms with Crippen LogP contribution >= 0.6 is 0 Å². The fourth-order valence-corrected chi connectivity index (χ4v) is 4.13. The van der Waals surface area contributed by atoms with E-state index in [9.17, 15) is 9.59 Å². The van der Waals surface area contributed by atoms with Gasteiger partial charge in [0.1, 0.15) is 5.75 Å². The zero-order chi connectivity index (χ0) is 22.5. The Bertz CT molecular complexity index is 1080. The van der Waals surface area contributed by atoms with Gasteiger partial charge in [-0.1, -0.05) is 23.4 Å². The number of nitrogens with zero attached hydrogens (tertiary/aromatic N) is 3. The predicted octanol–water partition coefficient (Wildman–Crippen LogP) is 3.47. The van der Waals surface area contributed by atoms with Crippen LogP contribution in [0.1, 0.15) is 42.0 Å². The third-order valence-electron chi connectivity index (χ3n) is 5.67. The quantitative estimate of drug-likeness (QED) is 0.638. The minimum atomic E-state index is -0.256. The highest BCUT2D eigenvalue weighted by molar-refractivity contribution is 5.93. The van der Waals surface area contributed by atoms with Gasteiger partial charge < -0.3 is 19.5 Å². The number of methoxy groups -OCH3 is 1. The van der Waals surface area contributed by atoms with Crippen molar-refractivity contribution in [2.24, 2.45) is 5.92 Å². The van der Waals surface area contributed by atoms with Crippen molar-refractivity contribution in [3.05, 3.63) is 66.1 Å². The molecule has 4 rings (SSSR count). The predicted molar refractivity (Wildman–Crippen MR) is 118 cm³/mol. The molecule has 1 aromatic carbocycles. The van der Waals surface area contributed by atoms with E-state index in [1.165, 1.54) is 6.92 Å². The second-order valence-electron chi connectivity index (χ2n) is 7.89. The fourth-order valence-electron chi connectivity index (χ4n) is 4.13. The number of likely N-dealkylation sites (tertiary alicyclic amines) is 1. The second kappa shape index (κ2) is 9.64. The molecule has 1 fully saturated rings. The molecule has 1 aliphatic heterocycles. The summed E-state index contributed by atoms with van der Waals surface area (Å²) in [5.41, 5.74) is 1.84. The van der Waals surface area contributed by atoms with Crippen LogP contribution in [0.2, 0.25) is 0 Å². The van der Waals surface area contributed by atoms with Gasteiger partial charge in [-0.25, -0.2) is 0 Å². The number of benzene rings is 1. The van der Waals surface area contributed by atoms with Crippen LogP contribution in [-0.2, 0) is 4.79 Å². The molecule has 1 N–H and O–H groups in total. The van der Waals surface area contributed by atoms with E-state index in [-0.39, 0.29) is 29.5 Å². The van der Waals surface area contributed by atoms with Gasteiger partial charge in [0.2, 0.25) is 5.91 Å². The molecule has 0 aliphatic carbocycles. The first-order valence-corrected chi connectivity index (χ1v) is 10.6. The molecule has 0 radical (unpaired) electrons. The molecule has 2 aromatic heterocycles. The Kier molecular flexibility index (Phi) is 6.49. The van der Waals surface area contributed by atoms with E-state index < -0.39 is 0 Å². The summed E-state index contributed by atoms with van der Waals surface area (Å²) < 4.78 is 10.7. The van der Waals surface area contributed by atoms with Crippen molar-refractivity contribution >= 4 is 11.8 Å². The van der Waals surface area contributed by atoms with Crippen molar-refractivity contribution in [3.63, 3.8) is 0 Å². The van der Waals surface area contributed by atoms with Crippen LogP contribution in [-0.4, -0.2) is 47.1 Å². The molecule has 2 amide bonds. The highest BCUT2D eigenvalue weighted by Crippen LogP contribution is 2.30. The first kappa shape index (κ1) is 21.5. The zero-order valence-corrected chi connectivity index (χ0v) is 18.2. The molecule has 166 valence electrons. The van der Waals surface area contributed by atoms with Gasteiger partial charge in [-0.3, -0.25) is 14.6 Å². The SMILES string of the molecule is COc1cccc(-c2cc(C(=O)N3CCC[C@H]([C@H](NC(C)=O)c4ccccn4)C3)no2)c1. The van der Waals surface area contributed by atoms with Gasteiger partial charge in [-0.15, -0.1) is 0 Å². The molecule has 3 aromatic rings. The molecule has 0 saturated carbocycles. The van der Waals surface area contributed by atoms with E-state index in [4.69, 9.17) is 9.26 Å². The number of hydrogen-bond donors (Lipinski definition) is 1. The number of ether oxygens (including phenoxy) is 1. The van der Waals surface area contributed by atoms with Crippen LogP contribution in [0.3, 0.4) is 0 Å². The van der Waals surface area contributed by atoms with Crippen molar-refractivity contribution in [1.29, 1.82) is 0 Å². The molecule has 0 bridgehead atoms. The van der Waals surface area contributed by atoms with E-state index in [1.54, 1.807) is 24.3 Å². The van der Waals surface area contributed by atoms with E-state index >= 15 is 0 Å². The van der Waals surface area contributed by atoms with Gasteiger partial charge >= 0.3 is 0 Å². The zero-order valence-electron chi connectivity index (χ0n) is 18.2. The van der Waals surface area contributed by atoms with Crippen LogP contribution in [0, 0.1) is 5.92 Å². The minimum absolute atomic E-state index is 0.0521. The summed E-state index contributed by atoms with van der Waals surface area (Å²) in [5.74, 6) is 0.949. The van der Waals surface area contributed by atoms with E-state index in [0.29, 0.717) is 24.6 Å². The lowest BCUT2D eigenvalue weighted by Crippen LogP contribution is -2.45. The maximum Gasteiger partial charge on any atom is 0.276 e. The average molecular weight is 434 g/mol. The standard InChI is InChI=1S/C24H26N4O4/c1-16(29)26-23(20-10-3-4-11-25-20)18-8-6-12-28(15-18)24(30)21-14-22(32-27-21)17-7-5-9-19(13-17)31-2/h3-5,7,9-11,13-14,18,23H,6,8,12,15H2,1-2H3,(H,26,29)/t18-,23-/m0/s1. The molecule has 8 heteroatoms. The number of piperidine rings is 1. The third-order valence-corrected chi connectivity index (χ3v) is 5.67. The first-order chi connectivity index (χ1) is 15.5. The Hall–Kier alpha value is -3.68. The van der Waals surface area contributed by atoms with Crippen LogP contribution in [0.25, 0.3) is 11.3 Å². The van der Waals surface area contributed by atoms with Gasteiger partial charge in [0.15, 0.2) is 11.5 Å². The number of carbonyl (C=O) groups excluding carboxylic acids is 2. The summed E-state index contributed by atoms with van der Waals surface area (Å²) >= 11 is 0. The number of amides is 2. The summed E-state index contributed by atoms with van der Waals surface area (Å²) in [6.45, 7) is 2.63. The summed E-state index contributed by atoms with van der Waals surface area (Å²) in [6, 6.07) is 14.4. The Balaban J connectivity index is 1.51. The lowest BCUT2D eigenvalue weighted by molar-refractivity contribution is -0.120. The molecule has 8 nitrogen and oxygen atoms in total. The smallest absolute Gasteiger partial charge is 0.276 e. The minimum Gasteiger partial charge on any atom is -0.497 e. The van der Waals surface area contributed by atoms with E-state index in [1.807, 2.05) is 42.5 Å². The van der Waals surface area contributed by atoms with Gasteiger partial charge in [0.25, 0.3) is 5.91 Å². The summed E-state index contributed by atoms with van der Waals surface area (Å²) in [6.07, 6.45) is 3.44. The van der Waals surface area contributed by atoms with Crippen molar-refractivity contribution in [3.8, 4) is 17.1 Å². The maximum absolute atomic E-state index is 13.2. The lowest BCUT2D eigenvalue weighted by atomic mass is 9.88. The highest BCUT2D eigenvalue weighted by atomic mass is 16.5. The lowest BCUT2D eigenvalue weighted by Gasteiger charge is -2.36. The maximum atomic E-state index is 13.2. The van der Waals surface area contributed by atoms with E-state index in [2.05, 4.69) is 15.5 Å². The van der Waals surface area contributed by atoms with Crippen molar-refractivity contribution in [2.45, 2.75) is 25.8 Å². The Morgan fingerprint density at radius 3 is 2.84 bits per heavy atom. The highest BCUT2D eigenvalue weighted by Gasteiger charge is 2.33.